The van der Waals surface area contributed by atoms with Crippen molar-refractivity contribution in [2.24, 2.45) is 11.8 Å². The average Bonchev–Trinajstić information content (AvgIpc) is 2.29. The van der Waals surface area contributed by atoms with Crippen LogP contribution in [0.4, 0.5) is 0 Å². The van der Waals surface area contributed by atoms with Crippen LogP contribution in [0.3, 0.4) is 0 Å². The van der Waals surface area contributed by atoms with E-state index in [0.29, 0.717) is 0 Å². The van der Waals surface area contributed by atoms with Crippen molar-refractivity contribution in [3.05, 3.63) is 35.5 Å². The summed E-state index contributed by atoms with van der Waals surface area (Å²) >= 11 is 0. The summed E-state index contributed by atoms with van der Waals surface area (Å²) in [5.41, 5.74) is 3.39. The van der Waals surface area contributed by atoms with Crippen LogP contribution in [-0.2, 0) is 0 Å². The Morgan fingerprint density at radius 1 is 1.21 bits per heavy atom. The second-order valence-electron chi connectivity index (χ2n) is 4.56. The fourth-order valence-electron chi connectivity index (χ4n) is 3.05. The van der Waals surface area contributed by atoms with Crippen LogP contribution in [0.5, 0.6) is 0 Å². The van der Waals surface area contributed by atoms with Gasteiger partial charge in [0.25, 0.3) is 0 Å². The third-order valence-corrected chi connectivity index (χ3v) is 3.78. The molecule has 1 saturated heterocycles. The minimum atomic E-state index is 0.740. The predicted octanol–water partition coefficient (Wildman–Crippen LogP) is 2.43. The topological polar surface area (TPSA) is 12.0 Å². The molecule has 14 heavy (non-hydrogen) atoms. The molecule has 0 radical (unpaired) electrons. The summed E-state index contributed by atoms with van der Waals surface area (Å²) in [6, 6.07) is 0. The maximum atomic E-state index is 3.50. The Morgan fingerprint density at radius 3 is 3.21 bits per heavy atom. The van der Waals surface area contributed by atoms with Gasteiger partial charge in [-0.3, -0.25) is 0 Å². The van der Waals surface area contributed by atoms with Crippen LogP contribution in [0.1, 0.15) is 19.3 Å². The van der Waals surface area contributed by atoms with Crippen LogP contribution in [0, 0.1) is 11.8 Å². The first kappa shape index (κ1) is 8.49. The smallest absolute Gasteiger partial charge is 0.00209 e. The monoisotopic (exact) mass is 187 g/mol. The van der Waals surface area contributed by atoms with Gasteiger partial charge in [0.15, 0.2) is 0 Å². The highest BCUT2D eigenvalue weighted by Crippen LogP contribution is 2.39. The molecule has 2 aliphatic carbocycles. The van der Waals surface area contributed by atoms with E-state index in [0.717, 1.165) is 11.8 Å². The lowest BCUT2D eigenvalue weighted by Gasteiger charge is -2.36. The normalized spacial score (nSPS) is 35.4. The van der Waals surface area contributed by atoms with Crippen molar-refractivity contribution in [1.82, 2.24) is 5.32 Å². The lowest BCUT2D eigenvalue weighted by Crippen LogP contribution is -2.35. The fourth-order valence-corrected chi connectivity index (χ4v) is 3.05. The second-order valence-corrected chi connectivity index (χ2v) is 4.56. The Labute approximate surface area is 85.6 Å². The molecule has 0 bridgehead atoms. The maximum absolute atomic E-state index is 3.50. The number of piperidine rings is 1. The van der Waals surface area contributed by atoms with Gasteiger partial charge in [0.1, 0.15) is 0 Å². The molecule has 3 aliphatic rings. The lowest BCUT2D eigenvalue weighted by molar-refractivity contribution is 0.389. The molecule has 1 heteroatoms. The van der Waals surface area contributed by atoms with Gasteiger partial charge in [-0.1, -0.05) is 29.9 Å². The Balaban J connectivity index is 2.00. The van der Waals surface area contributed by atoms with E-state index in [2.05, 4.69) is 29.6 Å². The molecule has 0 aromatic rings. The van der Waals surface area contributed by atoms with Crippen LogP contribution < -0.4 is 5.32 Å². The first-order valence-corrected chi connectivity index (χ1v) is 5.73. The van der Waals surface area contributed by atoms with Gasteiger partial charge < -0.3 is 5.32 Å². The first-order valence-electron chi connectivity index (χ1n) is 5.73. The standard InChI is InChI=1S/C13H17N/c1-2-4-12-10(3-1)5-6-11-9-14-8-7-13(11)12/h1-4,10-11,14H,5-9H2. The number of fused-ring (bicyclic) bond motifs is 2. The van der Waals surface area contributed by atoms with E-state index in [1.807, 2.05) is 0 Å². The van der Waals surface area contributed by atoms with Gasteiger partial charge in [-0.15, -0.1) is 0 Å². The summed E-state index contributed by atoms with van der Waals surface area (Å²) in [6.45, 7) is 2.39. The van der Waals surface area contributed by atoms with E-state index in [-0.39, 0.29) is 0 Å². The van der Waals surface area contributed by atoms with Gasteiger partial charge >= 0.3 is 0 Å². The molecule has 1 heterocycles. The zero-order chi connectivity index (χ0) is 9.38. The fraction of sp³-hybridized carbons (Fsp3) is 0.538. The summed E-state index contributed by atoms with van der Waals surface area (Å²) in [7, 11) is 0. The van der Waals surface area contributed by atoms with Crippen molar-refractivity contribution in [2.45, 2.75) is 19.3 Å². The molecule has 0 amide bonds. The van der Waals surface area contributed by atoms with E-state index < -0.39 is 0 Å². The third kappa shape index (κ3) is 1.27. The van der Waals surface area contributed by atoms with Crippen molar-refractivity contribution >= 4 is 0 Å². The molecule has 0 aromatic heterocycles. The van der Waals surface area contributed by atoms with Gasteiger partial charge in [0, 0.05) is 12.5 Å². The van der Waals surface area contributed by atoms with Crippen molar-refractivity contribution in [3.8, 4) is 0 Å². The molecule has 3 rings (SSSR count). The highest BCUT2D eigenvalue weighted by atomic mass is 14.9. The zero-order valence-corrected chi connectivity index (χ0v) is 8.50. The van der Waals surface area contributed by atoms with E-state index in [4.69, 9.17) is 0 Å². The third-order valence-electron chi connectivity index (χ3n) is 3.78. The molecule has 0 aromatic carbocycles. The van der Waals surface area contributed by atoms with Crippen LogP contribution in [-0.4, -0.2) is 13.1 Å². The van der Waals surface area contributed by atoms with E-state index in [1.54, 1.807) is 11.1 Å². The first-order chi connectivity index (χ1) is 6.95. The quantitative estimate of drug-likeness (QED) is 0.614. The molecule has 0 saturated carbocycles. The van der Waals surface area contributed by atoms with Crippen LogP contribution in [0.2, 0.25) is 0 Å². The van der Waals surface area contributed by atoms with Crippen molar-refractivity contribution in [1.29, 1.82) is 0 Å². The summed E-state index contributed by atoms with van der Waals surface area (Å²) < 4.78 is 0. The minimum absolute atomic E-state index is 0.740. The number of hydrogen-bond donors (Lipinski definition) is 1. The van der Waals surface area contributed by atoms with Crippen LogP contribution in [0.15, 0.2) is 35.5 Å². The molecular formula is C13H17N. The number of rotatable bonds is 0. The van der Waals surface area contributed by atoms with E-state index in [1.165, 1.54) is 32.4 Å². The molecule has 1 nitrogen and oxygen atoms in total. The molecule has 1 N–H and O–H groups in total. The Bertz CT molecular complexity index is 322. The summed E-state index contributed by atoms with van der Waals surface area (Å²) in [5, 5.41) is 3.50. The predicted molar refractivity (Wildman–Crippen MR) is 59.0 cm³/mol. The van der Waals surface area contributed by atoms with Gasteiger partial charge in [-0.05, 0) is 37.3 Å². The highest BCUT2D eigenvalue weighted by Gasteiger charge is 2.29. The van der Waals surface area contributed by atoms with E-state index >= 15 is 0 Å². The van der Waals surface area contributed by atoms with Gasteiger partial charge in [0.2, 0.25) is 0 Å². The van der Waals surface area contributed by atoms with Gasteiger partial charge in [0.05, 0.1) is 0 Å². The largest absolute Gasteiger partial charge is 0.316 e. The van der Waals surface area contributed by atoms with E-state index in [9.17, 15) is 0 Å². The van der Waals surface area contributed by atoms with Crippen LogP contribution >= 0.6 is 0 Å². The second kappa shape index (κ2) is 3.39. The molecule has 74 valence electrons. The summed E-state index contributed by atoms with van der Waals surface area (Å²) in [6.07, 6.45) is 13.1. The molecule has 2 atom stereocenters. The average molecular weight is 187 g/mol. The van der Waals surface area contributed by atoms with Gasteiger partial charge in [-0.25, -0.2) is 0 Å². The molecule has 2 unspecified atom stereocenters. The van der Waals surface area contributed by atoms with Crippen LogP contribution in [0.25, 0.3) is 0 Å². The minimum Gasteiger partial charge on any atom is -0.316 e. The molecular weight excluding hydrogens is 170 g/mol. The summed E-state index contributed by atoms with van der Waals surface area (Å²) in [4.78, 5) is 0. The molecule has 1 aliphatic heterocycles. The van der Waals surface area contributed by atoms with Crippen molar-refractivity contribution in [2.75, 3.05) is 13.1 Å². The number of nitrogens with one attached hydrogen (secondary N) is 1. The Kier molecular flexibility index (Phi) is 2.06. The SMILES string of the molecule is C1=CC2=C3CCNCC3CCC2C=C1. The highest BCUT2D eigenvalue weighted by molar-refractivity contribution is 5.40. The Hall–Kier alpha value is -0.820. The number of hydrogen-bond acceptors (Lipinski definition) is 1. The Morgan fingerprint density at radius 2 is 2.21 bits per heavy atom. The lowest BCUT2D eigenvalue weighted by atomic mass is 9.73. The van der Waals surface area contributed by atoms with Crippen molar-refractivity contribution in [3.63, 3.8) is 0 Å². The maximum Gasteiger partial charge on any atom is 0.00209 e. The molecule has 0 spiro atoms. The number of allylic oxidation sites excluding steroid dienone is 5. The van der Waals surface area contributed by atoms with Gasteiger partial charge in [-0.2, -0.15) is 0 Å². The van der Waals surface area contributed by atoms with Crippen molar-refractivity contribution < 1.29 is 0 Å². The summed E-state index contributed by atoms with van der Waals surface area (Å²) in [5.74, 6) is 1.58. The molecule has 1 fully saturated rings. The zero-order valence-electron chi connectivity index (χ0n) is 8.50.